The van der Waals surface area contributed by atoms with Crippen molar-refractivity contribution in [3.63, 3.8) is 0 Å². The van der Waals surface area contributed by atoms with Crippen LogP contribution in [0.5, 0.6) is 0 Å². The van der Waals surface area contributed by atoms with E-state index in [0.717, 1.165) is 37.2 Å². The molecule has 8 nitrogen and oxygen atoms in total. The summed E-state index contributed by atoms with van der Waals surface area (Å²) in [6, 6.07) is 17.7. The number of fused-ring (bicyclic) bond motifs is 1. The van der Waals surface area contributed by atoms with Crippen LogP contribution in [0.4, 0.5) is 26.4 Å². The molecule has 1 unspecified atom stereocenters. The first-order valence-corrected chi connectivity index (χ1v) is 13.9. The van der Waals surface area contributed by atoms with E-state index in [4.69, 9.17) is 17.2 Å². The highest BCUT2D eigenvalue weighted by molar-refractivity contribution is 7.78. The molecule has 198 valence electrons. The SMILES string of the molecule is NCc1ccc(F)c(N(C(N)=O)c2ccc(-c3csc4c(-c5ccc(CS(=O)[O-])cc5)cnc(N)c34)cc2)c1. The molecule has 0 radical (unpaired) electrons. The Hall–Kier alpha value is -4.16. The van der Waals surface area contributed by atoms with Gasteiger partial charge in [-0.15, -0.1) is 11.3 Å². The van der Waals surface area contributed by atoms with Crippen molar-refractivity contribution in [2.24, 2.45) is 11.5 Å². The molecule has 39 heavy (non-hydrogen) atoms. The number of amides is 2. The largest absolute Gasteiger partial charge is 0.772 e. The van der Waals surface area contributed by atoms with Crippen molar-refractivity contribution >= 4 is 55.7 Å². The fourth-order valence-corrected chi connectivity index (χ4v) is 6.02. The average Bonchev–Trinajstić information content (AvgIpc) is 3.37. The number of hydrogen-bond donors (Lipinski definition) is 3. The lowest BCUT2D eigenvalue weighted by Gasteiger charge is -2.22. The third-order valence-electron chi connectivity index (χ3n) is 6.32. The van der Waals surface area contributed by atoms with Crippen LogP contribution >= 0.6 is 11.3 Å². The molecule has 3 aromatic carbocycles. The molecule has 2 amide bonds. The maximum atomic E-state index is 14.6. The number of nitrogens with two attached hydrogens (primary N) is 3. The van der Waals surface area contributed by atoms with Gasteiger partial charge in [-0.1, -0.05) is 53.5 Å². The monoisotopic (exact) mass is 560 g/mol. The van der Waals surface area contributed by atoms with Crippen molar-refractivity contribution in [2.75, 3.05) is 10.6 Å². The van der Waals surface area contributed by atoms with Gasteiger partial charge in [0.1, 0.15) is 11.6 Å². The number of carbonyl (C=O) groups is 1. The number of aromatic nitrogens is 1. The number of primary amides is 1. The topological polar surface area (TPSA) is 151 Å². The second-order valence-corrected chi connectivity index (χ2v) is 10.5. The Morgan fingerprint density at radius 2 is 1.64 bits per heavy atom. The second kappa shape index (κ2) is 10.9. The van der Waals surface area contributed by atoms with Gasteiger partial charge in [0.2, 0.25) is 0 Å². The van der Waals surface area contributed by atoms with E-state index in [0.29, 0.717) is 22.6 Å². The number of nitrogens with zero attached hydrogens (tertiary/aromatic N) is 2. The minimum atomic E-state index is -2.16. The summed E-state index contributed by atoms with van der Waals surface area (Å²) in [4.78, 5) is 17.8. The lowest BCUT2D eigenvalue weighted by atomic mass is 10.0. The van der Waals surface area contributed by atoms with Crippen molar-refractivity contribution in [1.29, 1.82) is 0 Å². The number of nitrogen functional groups attached to an aromatic ring is 1. The molecule has 2 aromatic heterocycles. The van der Waals surface area contributed by atoms with Gasteiger partial charge >= 0.3 is 6.03 Å². The van der Waals surface area contributed by atoms with Gasteiger partial charge in [0.05, 0.1) is 11.4 Å². The van der Waals surface area contributed by atoms with Crippen LogP contribution in [0.25, 0.3) is 32.3 Å². The quantitative estimate of drug-likeness (QED) is 0.227. The van der Waals surface area contributed by atoms with Crippen molar-refractivity contribution in [2.45, 2.75) is 12.3 Å². The van der Waals surface area contributed by atoms with Gasteiger partial charge in [-0.25, -0.2) is 14.2 Å². The Bertz CT molecular complexity index is 1710. The number of urea groups is 1. The lowest BCUT2D eigenvalue weighted by molar-refractivity contribution is 0.256. The normalized spacial score (nSPS) is 12.0. The molecule has 1 atom stereocenters. The summed E-state index contributed by atoms with van der Waals surface area (Å²) in [5, 5.41) is 2.76. The highest BCUT2D eigenvalue weighted by atomic mass is 32.2. The highest BCUT2D eigenvalue weighted by Gasteiger charge is 2.20. The van der Waals surface area contributed by atoms with Gasteiger partial charge < -0.3 is 21.8 Å². The summed E-state index contributed by atoms with van der Waals surface area (Å²) in [5.41, 5.74) is 22.8. The minimum Gasteiger partial charge on any atom is -0.772 e. The molecule has 0 fully saturated rings. The van der Waals surface area contributed by atoms with E-state index in [9.17, 15) is 17.9 Å². The summed E-state index contributed by atoms with van der Waals surface area (Å²) >= 11 is -0.648. The van der Waals surface area contributed by atoms with E-state index in [-0.39, 0.29) is 18.0 Å². The molecule has 0 aliphatic heterocycles. The van der Waals surface area contributed by atoms with Gasteiger partial charge in [0.25, 0.3) is 0 Å². The first-order valence-electron chi connectivity index (χ1n) is 11.8. The predicted octanol–water partition coefficient (Wildman–Crippen LogP) is 5.41. The lowest BCUT2D eigenvalue weighted by Crippen LogP contribution is -2.32. The molecule has 0 spiro atoms. The maximum absolute atomic E-state index is 14.6. The van der Waals surface area contributed by atoms with E-state index >= 15 is 0 Å². The summed E-state index contributed by atoms with van der Waals surface area (Å²) < 4.78 is 37.6. The number of rotatable bonds is 7. The van der Waals surface area contributed by atoms with Gasteiger partial charge in [-0.05, 0) is 51.9 Å². The van der Waals surface area contributed by atoms with Crippen LogP contribution in [-0.4, -0.2) is 19.8 Å². The molecule has 11 heteroatoms. The summed E-state index contributed by atoms with van der Waals surface area (Å²) in [6.45, 7) is 0.187. The first-order chi connectivity index (χ1) is 18.8. The molecule has 2 heterocycles. The molecule has 6 N–H and O–H groups in total. The zero-order valence-corrected chi connectivity index (χ0v) is 22.1. The Kier molecular flexibility index (Phi) is 7.40. The van der Waals surface area contributed by atoms with Crippen LogP contribution < -0.4 is 22.1 Å². The van der Waals surface area contributed by atoms with E-state index in [1.165, 1.54) is 23.5 Å². The van der Waals surface area contributed by atoms with E-state index in [2.05, 4.69) is 4.98 Å². The number of benzene rings is 3. The van der Waals surface area contributed by atoms with E-state index in [1.54, 1.807) is 48.7 Å². The number of thiophene rings is 1. The Morgan fingerprint density at radius 1 is 1.00 bits per heavy atom. The zero-order chi connectivity index (χ0) is 27.7. The molecule has 0 aliphatic carbocycles. The fraction of sp³-hybridized carbons (Fsp3) is 0.0714. The molecular formula is C28H23FN5O3S2-. The third-order valence-corrected chi connectivity index (χ3v) is 7.90. The van der Waals surface area contributed by atoms with Gasteiger partial charge in [0.15, 0.2) is 0 Å². The summed E-state index contributed by atoms with van der Waals surface area (Å²) in [6.07, 6.45) is 1.70. The van der Waals surface area contributed by atoms with Crippen LogP contribution in [0.2, 0.25) is 0 Å². The Balaban J connectivity index is 1.52. The van der Waals surface area contributed by atoms with Crippen LogP contribution in [0, 0.1) is 5.82 Å². The first kappa shape index (κ1) is 26.4. The standard InChI is InChI=1S/C28H24FN5O3S2/c29-23-10-3-17(12-30)11-24(23)34(28(32)35)20-8-6-19(7-9-20)22-14-38-26-21(13-33-27(31)25(22)26)18-4-1-16(2-5-18)15-39(36)37/h1-11,13-14H,12,15,30H2,(H2,31,33)(H2,32,35)(H,36,37)/p-1. The van der Waals surface area contributed by atoms with Gasteiger partial charge in [0, 0.05) is 39.7 Å². The van der Waals surface area contributed by atoms with Crippen LogP contribution in [0.3, 0.4) is 0 Å². The molecule has 0 bridgehead atoms. The number of pyridine rings is 1. The smallest absolute Gasteiger partial charge is 0.323 e. The Labute approximate surface area is 230 Å². The third kappa shape index (κ3) is 5.25. The predicted molar refractivity (Wildman–Crippen MR) is 154 cm³/mol. The summed E-state index contributed by atoms with van der Waals surface area (Å²) in [5.74, 6) is -0.279. The van der Waals surface area contributed by atoms with Crippen LogP contribution in [0.1, 0.15) is 11.1 Å². The van der Waals surface area contributed by atoms with Crippen LogP contribution in [0.15, 0.2) is 78.3 Å². The number of carbonyl (C=O) groups excluding carboxylic acids is 1. The molecule has 0 aliphatic rings. The van der Waals surface area contributed by atoms with Crippen LogP contribution in [-0.2, 0) is 23.4 Å². The van der Waals surface area contributed by atoms with E-state index < -0.39 is 22.9 Å². The zero-order valence-electron chi connectivity index (χ0n) is 20.5. The number of halogens is 1. The maximum Gasteiger partial charge on any atom is 0.323 e. The molecule has 5 rings (SSSR count). The number of anilines is 3. The van der Waals surface area contributed by atoms with Crippen molar-refractivity contribution in [1.82, 2.24) is 4.98 Å². The number of hydrogen-bond acceptors (Lipinski definition) is 7. The van der Waals surface area contributed by atoms with Crippen molar-refractivity contribution in [3.8, 4) is 22.3 Å². The highest BCUT2D eigenvalue weighted by Crippen LogP contribution is 2.42. The average molecular weight is 561 g/mol. The molecular weight excluding hydrogens is 537 g/mol. The van der Waals surface area contributed by atoms with Crippen molar-refractivity contribution in [3.05, 3.63) is 95.3 Å². The second-order valence-electron chi connectivity index (χ2n) is 8.77. The molecule has 0 saturated heterocycles. The molecule has 0 saturated carbocycles. The van der Waals surface area contributed by atoms with Gasteiger partial charge in [-0.3, -0.25) is 9.11 Å². The van der Waals surface area contributed by atoms with Gasteiger partial charge in [-0.2, -0.15) is 0 Å². The molecule has 5 aromatic rings. The summed E-state index contributed by atoms with van der Waals surface area (Å²) in [7, 11) is 0. The fourth-order valence-electron chi connectivity index (χ4n) is 4.43. The van der Waals surface area contributed by atoms with Crippen molar-refractivity contribution < 1.29 is 17.9 Å². The minimum absolute atomic E-state index is 0.0183. The Morgan fingerprint density at radius 3 is 2.28 bits per heavy atom. The van der Waals surface area contributed by atoms with E-state index in [1.807, 2.05) is 17.5 Å².